The minimum atomic E-state index is -0.525. The van der Waals surface area contributed by atoms with Gasteiger partial charge < -0.3 is 10.8 Å². The highest BCUT2D eigenvalue weighted by molar-refractivity contribution is 5.81. The Balaban J connectivity index is 2.08. The zero-order valence-corrected chi connectivity index (χ0v) is 10.3. The van der Waals surface area contributed by atoms with E-state index in [2.05, 4.69) is 0 Å². The SMILES string of the molecule is CC1(C(N)=O)CCN(Cc2cc(F)ccc2O)C1. The van der Waals surface area contributed by atoms with Crippen LogP contribution in [0.1, 0.15) is 18.9 Å². The van der Waals surface area contributed by atoms with Crippen molar-refractivity contribution in [2.45, 2.75) is 19.9 Å². The van der Waals surface area contributed by atoms with Gasteiger partial charge in [-0.05, 0) is 38.1 Å². The van der Waals surface area contributed by atoms with E-state index in [9.17, 15) is 14.3 Å². The van der Waals surface area contributed by atoms with Gasteiger partial charge in [0.1, 0.15) is 11.6 Å². The average molecular weight is 252 g/mol. The molecule has 0 bridgehead atoms. The maximum atomic E-state index is 13.1. The number of hydrogen-bond donors (Lipinski definition) is 2. The second kappa shape index (κ2) is 4.57. The number of rotatable bonds is 3. The lowest BCUT2D eigenvalue weighted by Gasteiger charge is -2.21. The van der Waals surface area contributed by atoms with Crippen LogP contribution in [0.5, 0.6) is 5.75 Å². The van der Waals surface area contributed by atoms with Gasteiger partial charge in [0.25, 0.3) is 0 Å². The average Bonchev–Trinajstić information content (AvgIpc) is 2.67. The summed E-state index contributed by atoms with van der Waals surface area (Å²) >= 11 is 0. The van der Waals surface area contributed by atoms with Gasteiger partial charge in [0.2, 0.25) is 5.91 Å². The van der Waals surface area contributed by atoms with Crippen molar-refractivity contribution < 1.29 is 14.3 Å². The topological polar surface area (TPSA) is 66.6 Å². The number of carbonyl (C=O) groups is 1. The first-order valence-corrected chi connectivity index (χ1v) is 5.90. The molecule has 5 heteroatoms. The van der Waals surface area contributed by atoms with Crippen molar-refractivity contribution in [3.05, 3.63) is 29.6 Å². The van der Waals surface area contributed by atoms with Crippen LogP contribution < -0.4 is 5.73 Å². The molecule has 0 radical (unpaired) electrons. The molecule has 0 spiro atoms. The van der Waals surface area contributed by atoms with Crippen LogP contribution in [0.2, 0.25) is 0 Å². The van der Waals surface area contributed by atoms with Gasteiger partial charge in [-0.3, -0.25) is 9.69 Å². The van der Waals surface area contributed by atoms with Crippen molar-refractivity contribution in [2.75, 3.05) is 13.1 Å². The molecule has 1 amide bonds. The maximum Gasteiger partial charge on any atom is 0.224 e. The van der Waals surface area contributed by atoms with Crippen LogP contribution in [0, 0.1) is 11.2 Å². The lowest BCUT2D eigenvalue weighted by molar-refractivity contribution is -0.126. The normalized spacial score (nSPS) is 24.3. The van der Waals surface area contributed by atoms with Crippen molar-refractivity contribution in [1.29, 1.82) is 0 Å². The van der Waals surface area contributed by atoms with Gasteiger partial charge in [-0.15, -0.1) is 0 Å². The fourth-order valence-corrected chi connectivity index (χ4v) is 2.31. The Hall–Kier alpha value is -1.62. The third kappa shape index (κ3) is 2.46. The van der Waals surface area contributed by atoms with E-state index in [1.807, 2.05) is 11.8 Å². The van der Waals surface area contributed by atoms with E-state index in [0.29, 0.717) is 25.1 Å². The molecular formula is C13H17FN2O2. The Morgan fingerprint density at radius 2 is 2.33 bits per heavy atom. The fraction of sp³-hybridized carbons (Fsp3) is 0.462. The summed E-state index contributed by atoms with van der Waals surface area (Å²) < 4.78 is 13.1. The molecule has 0 saturated carbocycles. The highest BCUT2D eigenvalue weighted by Crippen LogP contribution is 2.31. The summed E-state index contributed by atoms with van der Waals surface area (Å²) in [6, 6.07) is 3.87. The molecule has 1 unspecified atom stereocenters. The van der Waals surface area contributed by atoms with E-state index in [4.69, 9.17) is 5.73 Å². The summed E-state index contributed by atoms with van der Waals surface area (Å²) in [6.45, 7) is 3.51. The van der Waals surface area contributed by atoms with Crippen LogP contribution in [-0.2, 0) is 11.3 Å². The Morgan fingerprint density at radius 1 is 1.61 bits per heavy atom. The van der Waals surface area contributed by atoms with Crippen LogP contribution in [0.4, 0.5) is 4.39 Å². The third-order valence-corrected chi connectivity index (χ3v) is 3.58. The first-order chi connectivity index (χ1) is 8.40. The molecule has 0 aliphatic carbocycles. The number of phenols is 1. The van der Waals surface area contributed by atoms with Crippen LogP contribution >= 0.6 is 0 Å². The highest BCUT2D eigenvalue weighted by Gasteiger charge is 2.38. The molecule has 98 valence electrons. The van der Waals surface area contributed by atoms with E-state index in [-0.39, 0.29) is 17.5 Å². The largest absolute Gasteiger partial charge is 0.508 e. The van der Waals surface area contributed by atoms with Gasteiger partial charge in [0.15, 0.2) is 0 Å². The maximum absolute atomic E-state index is 13.1. The molecule has 4 nitrogen and oxygen atoms in total. The Morgan fingerprint density at radius 3 is 2.94 bits per heavy atom. The Labute approximate surface area is 105 Å². The second-order valence-electron chi connectivity index (χ2n) is 5.16. The first kappa shape index (κ1) is 12.8. The van der Waals surface area contributed by atoms with E-state index in [1.54, 1.807) is 0 Å². The molecule has 3 N–H and O–H groups in total. The molecule has 1 aliphatic rings. The number of aromatic hydroxyl groups is 1. The minimum Gasteiger partial charge on any atom is -0.508 e. The van der Waals surface area contributed by atoms with Crippen LogP contribution in [0.15, 0.2) is 18.2 Å². The highest BCUT2D eigenvalue weighted by atomic mass is 19.1. The number of amides is 1. The van der Waals surface area contributed by atoms with Crippen molar-refractivity contribution >= 4 is 5.91 Å². The summed E-state index contributed by atoms with van der Waals surface area (Å²) in [4.78, 5) is 13.3. The van der Waals surface area contributed by atoms with Crippen LogP contribution in [0.25, 0.3) is 0 Å². The van der Waals surface area contributed by atoms with Crippen molar-refractivity contribution in [1.82, 2.24) is 4.90 Å². The van der Waals surface area contributed by atoms with Gasteiger partial charge in [0, 0.05) is 18.7 Å². The monoisotopic (exact) mass is 252 g/mol. The first-order valence-electron chi connectivity index (χ1n) is 5.90. The van der Waals surface area contributed by atoms with E-state index in [1.165, 1.54) is 18.2 Å². The number of carbonyl (C=O) groups excluding carboxylic acids is 1. The fourth-order valence-electron chi connectivity index (χ4n) is 2.31. The lowest BCUT2D eigenvalue weighted by Crippen LogP contribution is -2.36. The van der Waals surface area contributed by atoms with Crippen LogP contribution in [0.3, 0.4) is 0 Å². The summed E-state index contributed by atoms with van der Waals surface area (Å²) in [5, 5.41) is 9.65. The van der Waals surface area contributed by atoms with E-state index >= 15 is 0 Å². The molecule has 1 aromatic rings. The predicted octanol–water partition coefficient (Wildman–Crippen LogP) is 1.23. The number of nitrogens with zero attached hydrogens (tertiary/aromatic N) is 1. The molecule has 1 saturated heterocycles. The molecular weight excluding hydrogens is 235 g/mol. The van der Waals surface area contributed by atoms with Crippen molar-refractivity contribution in [3.63, 3.8) is 0 Å². The van der Waals surface area contributed by atoms with Crippen molar-refractivity contribution in [3.8, 4) is 5.75 Å². The molecule has 1 heterocycles. The summed E-state index contributed by atoms with van der Waals surface area (Å²) in [7, 11) is 0. The van der Waals surface area contributed by atoms with Crippen LogP contribution in [-0.4, -0.2) is 29.0 Å². The standard InChI is InChI=1S/C13H17FN2O2/c1-13(12(15)18)4-5-16(8-13)7-9-6-10(14)2-3-11(9)17/h2-3,6,17H,4-5,7-8H2,1H3,(H2,15,18). The number of halogens is 1. The Kier molecular flexibility index (Phi) is 3.26. The number of hydrogen-bond acceptors (Lipinski definition) is 3. The summed E-state index contributed by atoms with van der Waals surface area (Å²) in [5.41, 5.74) is 5.37. The number of nitrogens with two attached hydrogens (primary N) is 1. The van der Waals surface area contributed by atoms with Gasteiger partial charge in [-0.1, -0.05) is 0 Å². The van der Waals surface area contributed by atoms with Gasteiger partial charge in [-0.2, -0.15) is 0 Å². The predicted molar refractivity (Wildman–Crippen MR) is 65.3 cm³/mol. The number of likely N-dealkylation sites (tertiary alicyclic amines) is 1. The number of primary amides is 1. The van der Waals surface area contributed by atoms with Crippen molar-refractivity contribution in [2.24, 2.45) is 11.1 Å². The zero-order chi connectivity index (χ0) is 13.3. The molecule has 0 aromatic heterocycles. The zero-order valence-electron chi connectivity index (χ0n) is 10.3. The quantitative estimate of drug-likeness (QED) is 0.850. The van der Waals surface area contributed by atoms with Gasteiger partial charge in [-0.25, -0.2) is 4.39 Å². The molecule has 18 heavy (non-hydrogen) atoms. The molecule has 2 rings (SSSR count). The molecule has 1 fully saturated rings. The smallest absolute Gasteiger partial charge is 0.224 e. The second-order valence-corrected chi connectivity index (χ2v) is 5.16. The molecule has 1 aromatic carbocycles. The van der Waals surface area contributed by atoms with E-state index in [0.717, 1.165) is 6.54 Å². The van der Waals surface area contributed by atoms with Gasteiger partial charge >= 0.3 is 0 Å². The number of phenolic OH excluding ortho intramolecular Hbond substituents is 1. The molecule has 1 atom stereocenters. The Bertz CT molecular complexity index is 478. The van der Waals surface area contributed by atoms with Gasteiger partial charge in [0.05, 0.1) is 5.41 Å². The molecule has 1 aliphatic heterocycles. The summed E-state index contributed by atoms with van der Waals surface area (Å²) in [5.74, 6) is -0.614. The minimum absolute atomic E-state index is 0.0732. The lowest BCUT2D eigenvalue weighted by atomic mass is 9.89. The van der Waals surface area contributed by atoms with E-state index < -0.39 is 5.41 Å². The number of benzene rings is 1. The summed E-state index contributed by atoms with van der Waals surface area (Å²) in [6.07, 6.45) is 0.693. The third-order valence-electron chi connectivity index (χ3n) is 3.58.